The van der Waals surface area contributed by atoms with E-state index in [1.807, 2.05) is 11.3 Å². The van der Waals surface area contributed by atoms with Gasteiger partial charge in [-0.3, -0.25) is 0 Å². The third-order valence-corrected chi connectivity index (χ3v) is 5.20. The zero-order valence-electron chi connectivity index (χ0n) is 9.87. The Morgan fingerprint density at radius 2 is 2.44 bits per heavy atom. The Kier molecular flexibility index (Phi) is 4.41. The Morgan fingerprint density at radius 3 is 3.06 bits per heavy atom. The van der Waals surface area contributed by atoms with Gasteiger partial charge in [0, 0.05) is 28.0 Å². The minimum Gasteiger partial charge on any atom is -0.305 e. The summed E-state index contributed by atoms with van der Waals surface area (Å²) >= 11 is 5.43. The molecule has 4 heteroatoms. The number of nitrogens with zero attached hydrogens (tertiary/aromatic N) is 1. The zero-order chi connectivity index (χ0) is 11.5. The number of likely N-dealkylation sites (N-methyl/N-ethyl adjacent to an activating group) is 1. The van der Waals surface area contributed by atoms with Gasteiger partial charge >= 0.3 is 0 Å². The van der Waals surface area contributed by atoms with E-state index in [-0.39, 0.29) is 0 Å². The molecule has 0 saturated carbocycles. The summed E-state index contributed by atoms with van der Waals surface area (Å²) in [6.07, 6.45) is 2.62. The van der Waals surface area contributed by atoms with Crippen LogP contribution in [-0.4, -0.2) is 31.1 Å². The van der Waals surface area contributed by atoms with Gasteiger partial charge in [0.25, 0.3) is 0 Å². The van der Waals surface area contributed by atoms with Crippen LogP contribution < -0.4 is 5.32 Å². The molecule has 0 amide bonds. The molecule has 2 unspecified atom stereocenters. The summed E-state index contributed by atoms with van der Waals surface area (Å²) in [6.45, 7) is 4.67. The molecule has 1 saturated heterocycles. The highest BCUT2D eigenvalue weighted by Crippen LogP contribution is 2.29. The van der Waals surface area contributed by atoms with Crippen molar-refractivity contribution in [1.82, 2.24) is 10.2 Å². The highest BCUT2D eigenvalue weighted by molar-refractivity contribution is 9.10. The maximum Gasteiger partial charge on any atom is 0.0400 e. The zero-order valence-corrected chi connectivity index (χ0v) is 12.3. The van der Waals surface area contributed by atoms with Gasteiger partial charge in [0.15, 0.2) is 0 Å². The van der Waals surface area contributed by atoms with Gasteiger partial charge in [-0.2, -0.15) is 0 Å². The van der Waals surface area contributed by atoms with Gasteiger partial charge in [-0.25, -0.2) is 0 Å². The second-order valence-electron chi connectivity index (χ2n) is 4.62. The van der Waals surface area contributed by atoms with Gasteiger partial charge in [0.1, 0.15) is 0 Å². The quantitative estimate of drug-likeness (QED) is 0.922. The maximum atomic E-state index is 3.73. The van der Waals surface area contributed by atoms with Crippen LogP contribution in [0.15, 0.2) is 15.9 Å². The van der Waals surface area contributed by atoms with Crippen molar-refractivity contribution in [3.05, 3.63) is 20.8 Å². The van der Waals surface area contributed by atoms with E-state index in [0.29, 0.717) is 12.1 Å². The van der Waals surface area contributed by atoms with Gasteiger partial charge in [-0.05, 0) is 60.7 Å². The van der Waals surface area contributed by atoms with Gasteiger partial charge in [-0.1, -0.05) is 0 Å². The molecule has 1 aromatic heterocycles. The van der Waals surface area contributed by atoms with E-state index < -0.39 is 0 Å². The van der Waals surface area contributed by atoms with E-state index in [0.717, 1.165) is 0 Å². The van der Waals surface area contributed by atoms with Gasteiger partial charge in [0.05, 0.1) is 0 Å². The average molecular weight is 303 g/mol. The van der Waals surface area contributed by atoms with E-state index >= 15 is 0 Å². The van der Waals surface area contributed by atoms with E-state index in [1.54, 1.807) is 0 Å². The Bertz CT molecular complexity index is 340. The van der Waals surface area contributed by atoms with Crippen LogP contribution in [-0.2, 0) is 0 Å². The molecule has 2 heterocycles. The van der Waals surface area contributed by atoms with Crippen molar-refractivity contribution in [2.24, 2.45) is 0 Å². The molecule has 0 spiro atoms. The number of halogens is 1. The Hall–Kier alpha value is 0.100. The van der Waals surface area contributed by atoms with Crippen LogP contribution in [0.3, 0.4) is 0 Å². The maximum absolute atomic E-state index is 3.73. The Labute approximate surface area is 110 Å². The summed E-state index contributed by atoms with van der Waals surface area (Å²) in [5.74, 6) is 0. The van der Waals surface area contributed by atoms with Crippen molar-refractivity contribution in [3.8, 4) is 0 Å². The smallest absolute Gasteiger partial charge is 0.0400 e. The third-order valence-electron chi connectivity index (χ3n) is 3.15. The molecule has 1 aliphatic heterocycles. The third kappa shape index (κ3) is 3.06. The van der Waals surface area contributed by atoms with E-state index in [2.05, 4.69) is 51.6 Å². The van der Waals surface area contributed by atoms with Crippen molar-refractivity contribution in [1.29, 1.82) is 0 Å². The number of piperidine rings is 1. The average Bonchev–Trinajstić information content (AvgIpc) is 2.64. The fourth-order valence-electron chi connectivity index (χ4n) is 2.35. The summed E-state index contributed by atoms with van der Waals surface area (Å²) in [5, 5.41) is 5.87. The molecular weight excluding hydrogens is 284 g/mol. The summed E-state index contributed by atoms with van der Waals surface area (Å²) in [6, 6.07) is 3.22. The summed E-state index contributed by atoms with van der Waals surface area (Å²) in [4.78, 5) is 3.82. The van der Waals surface area contributed by atoms with Crippen LogP contribution in [0, 0.1) is 0 Å². The predicted molar refractivity (Wildman–Crippen MR) is 74.1 cm³/mol. The molecule has 0 radical (unpaired) electrons. The summed E-state index contributed by atoms with van der Waals surface area (Å²) in [7, 11) is 2.21. The molecule has 2 rings (SSSR count). The minimum atomic E-state index is 0.450. The van der Waals surface area contributed by atoms with E-state index in [1.165, 1.54) is 35.3 Å². The van der Waals surface area contributed by atoms with Crippen LogP contribution in [0.2, 0.25) is 0 Å². The number of likely N-dealkylation sites (tertiary alicyclic amines) is 1. The van der Waals surface area contributed by atoms with Crippen molar-refractivity contribution < 1.29 is 0 Å². The van der Waals surface area contributed by atoms with Crippen LogP contribution in [0.5, 0.6) is 0 Å². The second-order valence-corrected chi connectivity index (χ2v) is 6.42. The first-order valence-corrected chi connectivity index (χ1v) is 7.51. The number of rotatable bonds is 3. The van der Waals surface area contributed by atoms with E-state index in [9.17, 15) is 0 Å². The van der Waals surface area contributed by atoms with Crippen molar-refractivity contribution in [2.75, 3.05) is 20.1 Å². The number of hydrogen-bond donors (Lipinski definition) is 1. The molecule has 2 nitrogen and oxygen atoms in total. The molecule has 1 N–H and O–H groups in total. The SMILES string of the molecule is CC(NC1CCCN(C)C1)c1sccc1Br. The molecule has 90 valence electrons. The lowest BCUT2D eigenvalue weighted by Crippen LogP contribution is -2.44. The van der Waals surface area contributed by atoms with Crippen molar-refractivity contribution in [2.45, 2.75) is 31.8 Å². The minimum absolute atomic E-state index is 0.450. The largest absolute Gasteiger partial charge is 0.305 e. The molecule has 2 atom stereocenters. The summed E-state index contributed by atoms with van der Waals surface area (Å²) in [5.41, 5.74) is 0. The lowest BCUT2D eigenvalue weighted by atomic mass is 10.1. The second kappa shape index (κ2) is 5.63. The molecule has 1 aromatic rings. The van der Waals surface area contributed by atoms with Crippen LogP contribution in [0.25, 0.3) is 0 Å². The summed E-state index contributed by atoms with van der Waals surface area (Å²) < 4.78 is 1.24. The van der Waals surface area contributed by atoms with Crippen LogP contribution in [0.1, 0.15) is 30.7 Å². The number of hydrogen-bond acceptors (Lipinski definition) is 3. The van der Waals surface area contributed by atoms with Gasteiger partial charge in [0.2, 0.25) is 0 Å². The Balaban J connectivity index is 1.92. The van der Waals surface area contributed by atoms with Crippen molar-refractivity contribution in [3.63, 3.8) is 0 Å². The van der Waals surface area contributed by atoms with E-state index in [4.69, 9.17) is 0 Å². The van der Waals surface area contributed by atoms with Crippen LogP contribution >= 0.6 is 27.3 Å². The highest BCUT2D eigenvalue weighted by Gasteiger charge is 2.20. The standard InChI is InChI=1S/C12H19BrN2S/c1-9(12-11(13)5-7-16-12)14-10-4-3-6-15(2)8-10/h5,7,9-10,14H,3-4,6,8H2,1-2H3. The van der Waals surface area contributed by atoms with Crippen molar-refractivity contribution >= 4 is 27.3 Å². The lowest BCUT2D eigenvalue weighted by Gasteiger charge is -2.32. The molecule has 1 fully saturated rings. The molecule has 1 aliphatic rings. The van der Waals surface area contributed by atoms with Gasteiger partial charge in [-0.15, -0.1) is 11.3 Å². The predicted octanol–water partition coefficient (Wildman–Crippen LogP) is 3.26. The first kappa shape index (κ1) is 12.6. The number of thiophene rings is 1. The van der Waals surface area contributed by atoms with Gasteiger partial charge < -0.3 is 10.2 Å². The first-order chi connectivity index (χ1) is 7.66. The molecule has 0 aliphatic carbocycles. The topological polar surface area (TPSA) is 15.3 Å². The number of nitrogens with one attached hydrogen (secondary N) is 1. The fraction of sp³-hybridized carbons (Fsp3) is 0.667. The lowest BCUT2D eigenvalue weighted by molar-refractivity contribution is 0.219. The first-order valence-electron chi connectivity index (χ1n) is 5.84. The molecule has 0 bridgehead atoms. The fourth-order valence-corrected chi connectivity index (χ4v) is 4.08. The Morgan fingerprint density at radius 1 is 1.62 bits per heavy atom. The normalized spacial score (nSPS) is 24.6. The monoisotopic (exact) mass is 302 g/mol. The molecule has 16 heavy (non-hydrogen) atoms. The van der Waals surface area contributed by atoms with Crippen LogP contribution in [0.4, 0.5) is 0 Å². The highest BCUT2D eigenvalue weighted by atomic mass is 79.9. The molecule has 0 aromatic carbocycles. The molecular formula is C12H19BrN2S.